The molecule has 0 aliphatic rings. The van der Waals surface area contributed by atoms with Crippen LogP contribution in [0.25, 0.3) is 0 Å². The van der Waals surface area contributed by atoms with Crippen molar-refractivity contribution in [2.24, 2.45) is 0 Å². The van der Waals surface area contributed by atoms with Crippen molar-refractivity contribution in [1.29, 1.82) is 0 Å². The van der Waals surface area contributed by atoms with Crippen LogP contribution in [-0.4, -0.2) is 34.7 Å². The molecule has 1 aromatic heterocycles. The molecule has 1 aromatic rings. The van der Waals surface area contributed by atoms with Crippen LogP contribution < -0.4 is 0 Å². The smallest absolute Gasteiger partial charge is 0.329 e. The lowest BCUT2D eigenvalue weighted by molar-refractivity contribution is -0.154. The molecule has 19 heavy (non-hydrogen) atoms. The molecule has 0 bridgehead atoms. The number of aromatic nitrogens is 2. The Balaban J connectivity index is 2.59. The number of imidazole rings is 1. The largest absolute Gasteiger partial charge is 0.466 e. The van der Waals surface area contributed by atoms with Gasteiger partial charge in [0.25, 0.3) is 0 Å². The van der Waals surface area contributed by atoms with Crippen molar-refractivity contribution in [2.45, 2.75) is 39.2 Å². The maximum absolute atomic E-state index is 11.8. The van der Waals surface area contributed by atoms with Crippen molar-refractivity contribution in [3.63, 3.8) is 0 Å². The van der Waals surface area contributed by atoms with Crippen LogP contribution in [0.2, 0.25) is 0 Å². The van der Waals surface area contributed by atoms with Crippen LogP contribution >= 0.6 is 0 Å². The molecule has 6 nitrogen and oxygen atoms in total. The summed E-state index contributed by atoms with van der Waals surface area (Å²) in [5.74, 6) is -0.854. The fourth-order valence-corrected chi connectivity index (χ4v) is 1.55. The first-order valence-corrected chi connectivity index (χ1v) is 6.48. The van der Waals surface area contributed by atoms with Gasteiger partial charge in [-0.25, -0.2) is 9.78 Å². The van der Waals surface area contributed by atoms with Crippen molar-refractivity contribution in [1.82, 2.24) is 9.55 Å². The first kappa shape index (κ1) is 15.2. The van der Waals surface area contributed by atoms with E-state index in [4.69, 9.17) is 9.47 Å². The van der Waals surface area contributed by atoms with Crippen molar-refractivity contribution in [3.8, 4) is 0 Å². The molecule has 6 heteroatoms. The molecule has 0 N–H and O–H groups in total. The number of ether oxygens (including phenoxy) is 2. The number of esters is 2. The van der Waals surface area contributed by atoms with Gasteiger partial charge in [-0.15, -0.1) is 0 Å². The molecule has 0 fully saturated rings. The molecule has 0 spiro atoms. The number of unbranched alkanes of at least 4 members (excludes halogenated alkanes) is 1. The average Bonchev–Trinajstić information content (AvgIpc) is 2.90. The van der Waals surface area contributed by atoms with Crippen LogP contribution in [0.1, 0.15) is 39.2 Å². The highest BCUT2D eigenvalue weighted by Crippen LogP contribution is 2.14. The molecule has 0 aromatic carbocycles. The molecule has 0 unspecified atom stereocenters. The van der Waals surface area contributed by atoms with Gasteiger partial charge in [0.1, 0.15) is 6.04 Å². The topological polar surface area (TPSA) is 70.4 Å². The Bertz CT molecular complexity index is 389. The number of hydrogen-bond donors (Lipinski definition) is 0. The Labute approximate surface area is 112 Å². The SMILES string of the molecule is CCCCOC(=O)C[C@H](C(=O)OCC)n1ccnc1. The Morgan fingerprint density at radius 1 is 1.32 bits per heavy atom. The lowest BCUT2D eigenvalue weighted by Gasteiger charge is -2.16. The Kier molecular flexibility index (Phi) is 6.63. The summed E-state index contributed by atoms with van der Waals surface area (Å²) in [5, 5.41) is 0. The molecule has 1 rings (SSSR count). The lowest BCUT2D eigenvalue weighted by atomic mass is 10.2. The summed E-state index contributed by atoms with van der Waals surface area (Å²) < 4.78 is 11.6. The maximum atomic E-state index is 11.8. The van der Waals surface area contributed by atoms with E-state index in [0.29, 0.717) is 6.61 Å². The van der Waals surface area contributed by atoms with Gasteiger partial charge in [-0.1, -0.05) is 13.3 Å². The molecular weight excluding hydrogens is 248 g/mol. The van der Waals surface area contributed by atoms with E-state index in [2.05, 4.69) is 4.98 Å². The zero-order chi connectivity index (χ0) is 14.1. The van der Waals surface area contributed by atoms with E-state index in [1.807, 2.05) is 6.92 Å². The van der Waals surface area contributed by atoms with Gasteiger partial charge < -0.3 is 14.0 Å². The van der Waals surface area contributed by atoms with Gasteiger partial charge in [0.15, 0.2) is 0 Å². The van der Waals surface area contributed by atoms with Crippen LogP contribution in [0.5, 0.6) is 0 Å². The van der Waals surface area contributed by atoms with Gasteiger partial charge >= 0.3 is 11.9 Å². The molecule has 0 saturated carbocycles. The third kappa shape index (κ3) is 5.11. The first-order valence-electron chi connectivity index (χ1n) is 6.48. The highest BCUT2D eigenvalue weighted by Gasteiger charge is 2.25. The highest BCUT2D eigenvalue weighted by atomic mass is 16.5. The summed E-state index contributed by atoms with van der Waals surface area (Å²) in [6.07, 6.45) is 6.40. The predicted molar refractivity (Wildman–Crippen MR) is 68.4 cm³/mol. The molecule has 0 amide bonds. The average molecular weight is 268 g/mol. The number of carbonyl (C=O) groups is 2. The number of nitrogens with zero attached hydrogens (tertiary/aromatic N) is 2. The number of carbonyl (C=O) groups excluding carboxylic acids is 2. The zero-order valence-electron chi connectivity index (χ0n) is 11.4. The summed E-state index contributed by atoms with van der Waals surface area (Å²) in [5.41, 5.74) is 0. The quantitative estimate of drug-likeness (QED) is 0.530. The minimum absolute atomic E-state index is 0.0428. The van der Waals surface area contributed by atoms with Crippen LogP contribution in [0.3, 0.4) is 0 Å². The van der Waals surface area contributed by atoms with Gasteiger partial charge in [0.05, 0.1) is 26.0 Å². The molecule has 106 valence electrons. The van der Waals surface area contributed by atoms with Gasteiger partial charge in [-0.3, -0.25) is 4.79 Å². The number of hydrogen-bond acceptors (Lipinski definition) is 5. The van der Waals surface area contributed by atoms with Crippen molar-refractivity contribution < 1.29 is 19.1 Å². The summed E-state index contributed by atoms with van der Waals surface area (Å²) in [6, 6.07) is -0.712. The second-order valence-electron chi connectivity index (χ2n) is 4.06. The maximum Gasteiger partial charge on any atom is 0.329 e. The Hall–Kier alpha value is -1.85. The van der Waals surface area contributed by atoms with Crippen LogP contribution in [0.4, 0.5) is 0 Å². The van der Waals surface area contributed by atoms with E-state index in [-0.39, 0.29) is 13.0 Å². The van der Waals surface area contributed by atoms with Crippen molar-refractivity contribution in [2.75, 3.05) is 13.2 Å². The third-order valence-corrected chi connectivity index (χ3v) is 2.56. The van der Waals surface area contributed by atoms with E-state index >= 15 is 0 Å². The van der Waals surface area contributed by atoms with E-state index < -0.39 is 18.0 Å². The second kappa shape index (κ2) is 8.29. The Morgan fingerprint density at radius 3 is 2.68 bits per heavy atom. The minimum atomic E-state index is -0.712. The molecular formula is C13H20N2O4. The monoisotopic (exact) mass is 268 g/mol. The summed E-state index contributed by atoms with van der Waals surface area (Å²) in [4.78, 5) is 27.4. The first-order chi connectivity index (χ1) is 9.19. The summed E-state index contributed by atoms with van der Waals surface area (Å²) in [7, 11) is 0. The molecule has 0 aliphatic heterocycles. The van der Waals surface area contributed by atoms with E-state index in [1.165, 1.54) is 6.33 Å². The Morgan fingerprint density at radius 2 is 2.11 bits per heavy atom. The second-order valence-corrected chi connectivity index (χ2v) is 4.06. The van der Waals surface area contributed by atoms with E-state index in [9.17, 15) is 9.59 Å². The summed E-state index contributed by atoms with van der Waals surface area (Å²) in [6.45, 7) is 4.40. The van der Waals surface area contributed by atoms with Gasteiger partial charge in [-0.2, -0.15) is 0 Å². The summed E-state index contributed by atoms with van der Waals surface area (Å²) >= 11 is 0. The van der Waals surface area contributed by atoms with E-state index in [0.717, 1.165) is 12.8 Å². The fourth-order valence-electron chi connectivity index (χ4n) is 1.55. The standard InChI is InChI=1S/C13H20N2O4/c1-3-5-8-19-12(16)9-11(13(17)18-4-2)15-7-6-14-10-15/h6-7,10-11H,3-5,8-9H2,1-2H3/t11-/m1/s1. The van der Waals surface area contributed by atoms with E-state index in [1.54, 1.807) is 23.9 Å². The van der Waals surface area contributed by atoms with Gasteiger partial charge in [-0.05, 0) is 13.3 Å². The van der Waals surface area contributed by atoms with Crippen LogP contribution in [-0.2, 0) is 19.1 Å². The van der Waals surface area contributed by atoms with Gasteiger partial charge in [0.2, 0.25) is 0 Å². The minimum Gasteiger partial charge on any atom is -0.466 e. The van der Waals surface area contributed by atoms with Crippen molar-refractivity contribution >= 4 is 11.9 Å². The number of rotatable bonds is 8. The molecule has 0 saturated heterocycles. The lowest BCUT2D eigenvalue weighted by Crippen LogP contribution is -2.25. The van der Waals surface area contributed by atoms with Crippen LogP contribution in [0, 0.1) is 0 Å². The predicted octanol–water partition coefficient (Wildman–Crippen LogP) is 1.72. The molecule has 1 heterocycles. The normalized spacial score (nSPS) is 11.9. The highest BCUT2D eigenvalue weighted by molar-refractivity contribution is 5.81. The van der Waals surface area contributed by atoms with Crippen molar-refractivity contribution in [3.05, 3.63) is 18.7 Å². The zero-order valence-corrected chi connectivity index (χ0v) is 11.4. The fraction of sp³-hybridized carbons (Fsp3) is 0.615. The van der Waals surface area contributed by atoms with Gasteiger partial charge in [0, 0.05) is 12.4 Å². The molecule has 0 radical (unpaired) electrons. The third-order valence-electron chi connectivity index (χ3n) is 2.56. The molecule has 0 aliphatic carbocycles. The van der Waals surface area contributed by atoms with Crippen LogP contribution in [0.15, 0.2) is 18.7 Å². The molecule has 1 atom stereocenters.